The smallest absolute Gasteiger partial charge is 0.225 e. The first-order valence-electron chi connectivity index (χ1n) is 2.75. The van der Waals surface area contributed by atoms with Crippen molar-refractivity contribution in [2.75, 3.05) is 6.61 Å². The van der Waals surface area contributed by atoms with Gasteiger partial charge in [-0.25, -0.2) is 10.1 Å². The fourth-order valence-corrected chi connectivity index (χ4v) is 0.512. The summed E-state index contributed by atoms with van der Waals surface area (Å²) < 4.78 is 1.54. The van der Waals surface area contributed by atoms with Crippen molar-refractivity contribution in [3.8, 4) is 11.8 Å². The first-order chi connectivity index (χ1) is 4.83. The summed E-state index contributed by atoms with van der Waals surface area (Å²) in [7, 11) is 1.75. The van der Waals surface area contributed by atoms with E-state index in [1.54, 1.807) is 7.05 Å². The van der Waals surface area contributed by atoms with Crippen LogP contribution in [0.4, 0.5) is 0 Å². The van der Waals surface area contributed by atoms with Gasteiger partial charge in [0.2, 0.25) is 5.82 Å². The average molecular weight is 136 g/mol. The van der Waals surface area contributed by atoms with E-state index in [2.05, 4.69) is 21.9 Å². The minimum Gasteiger partial charge on any atom is -0.255 e. The summed E-state index contributed by atoms with van der Waals surface area (Å²) in [5, 5.41) is 13.7. The molecule has 1 aromatic rings. The fourth-order valence-electron chi connectivity index (χ4n) is 0.512. The third kappa shape index (κ3) is 1.57. The number of aryl methyl sites for hydroxylation is 1. The number of nitrogens with zero attached hydrogens (tertiary/aromatic N) is 3. The molecule has 0 unspecified atom stereocenters. The average Bonchev–Trinajstić information content (AvgIpc) is 2.31. The van der Waals surface area contributed by atoms with Crippen molar-refractivity contribution in [1.29, 1.82) is 0 Å². The Morgan fingerprint density at radius 3 is 3.10 bits per heavy atom. The number of rotatable bonds is 0. The van der Waals surface area contributed by atoms with Gasteiger partial charge in [-0.1, -0.05) is 5.92 Å². The lowest BCUT2D eigenvalue weighted by Crippen LogP contribution is -1.87. The molecule has 0 aliphatic rings. The van der Waals surface area contributed by atoms with E-state index in [9.17, 15) is 5.11 Å². The molecule has 0 saturated heterocycles. The molecule has 0 aromatic carbocycles. The molecular formula is C6H6N3O. The molecule has 0 bridgehead atoms. The first kappa shape index (κ1) is 6.78. The highest BCUT2D eigenvalue weighted by molar-refractivity contribution is 5.18. The fraction of sp³-hybridized carbons (Fsp3) is 0.333. The third-order valence-corrected chi connectivity index (χ3v) is 0.872. The van der Waals surface area contributed by atoms with Crippen molar-refractivity contribution >= 4 is 0 Å². The molecule has 51 valence electrons. The molecule has 0 atom stereocenters. The molecule has 1 rings (SSSR count). The number of hydrogen-bond donors (Lipinski definition) is 0. The molecule has 0 aliphatic heterocycles. The summed E-state index contributed by atoms with van der Waals surface area (Å²) in [5.41, 5.74) is 0. The Morgan fingerprint density at radius 1 is 1.80 bits per heavy atom. The van der Waals surface area contributed by atoms with Crippen molar-refractivity contribution in [1.82, 2.24) is 14.8 Å². The second kappa shape index (κ2) is 2.99. The Labute approximate surface area is 58.5 Å². The maximum atomic E-state index is 9.87. The zero-order valence-electron chi connectivity index (χ0n) is 5.53. The summed E-state index contributed by atoms with van der Waals surface area (Å²) in [6.07, 6.45) is 1.54. The van der Waals surface area contributed by atoms with Gasteiger partial charge in [-0.05, 0) is 5.92 Å². The minimum absolute atomic E-state index is 0.401. The highest BCUT2D eigenvalue weighted by Gasteiger charge is 1.89. The number of hydrogen-bond acceptors (Lipinski definition) is 2. The quantitative estimate of drug-likeness (QED) is 0.455. The van der Waals surface area contributed by atoms with Crippen molar-refractivity contribution in [3.63, 3.8) is 0 Å². The van der Waals surface area contributed by atoms with E-state index in [0.717, 1.165) is 0 Å². The van der Waals surface area contributed by atoms with E-state index in [-0.39, 0.29) is 0 Å². The molecule has 0 aliphatic carbocycles. The predicted molar refractivity (Wildman–Crippen MR) is 33.4 cm³/mol. The lowest BCUT2D eigenvalue weighted by molar-refractivity contribution is 0.239. The van der Waals surface area contributed by atoms with Gasteiger partial charge in [0.25, 0.3) is 0 Å². The van der Waals surface area contributed by atoms with Crippen molar-refractivity contribution in [3.05, 3.63) is 12.2 Å². The highest BCUT2D eigenvalue weighted by atomic mass is 16.2. The highest BCUT2D eigenvalue weighted by Crippen LogP contribution is 1.81. The summed E-state index contributed by atoms with van der Waals surface area (Å²) in [6.45, 7) is -0.405. The first-order valence-corrected chi connectivity index (χ1v) is 2.75. The molecule has 10 heavy (non-hydrogen) atoms. The van der Waals surface area contributed by atoms with Gasteiger partial charge in [-0.3, -0.25) is 4.68 Å². The van der Waals surface area contributed by atoms with Crippen molar-refractivity contribution < 1.29 is 5.11 Å². The standard InChI is InChI=1S/C6H6N3O/c1-9-5-7-6(8-9)3-2-4-10/h5H,4H2,1H3. The Morgan fingerprint density at radius 2 is 2.60 bits per heavy atom. The monoisotopic (exact) mass is 136 g/mol. The normalized spacial score (nSPS) is 8.60. The van der Waals surface area contributed by atoms with E-state index < -0.39 is 6.61 Å². The van der Waals surface area contributed by atoms with E-state index in [1.807, 2.05) is 0 Å². The van der Waals surface area contributed by atoms with E-state index in [1.165, 1.54) is 11.0 Å². The zero-order valence-corrected chi connectivity index (χ0v) is 5.53. The maximum Gasteiger partial charge on any atom is 0.225 e. The Hall–Kier alpha value is -1.34. The Kier molecular flexibility index (Phi) is 2.03. The van der Waals surface area contributed by atoms with Crippen LogP contribution in [0.2, 0.25) is 0 Å². The van der Waals surface area contributed by atoms with Gasteiger partial charge in [0, 0.05) is 7.05 Å². The van der Waals surface area contributed by atoms with Crippen molar-refractivity contribution in [2.45, 2.75) is 0 Å². The SMILES string of the molecule is Cn1cnc(C#CC[O])n1. The lowest BCUT2D eigenvalue weighted by Gasteiger charge is -1.77. The van der Waals surface area contributed by atoms with Crippen LogP contribution in [0.3, 0.4) is 0 Å². The van der Waals surface area contributed by atoms with E-state index in [0.29, 0.717) is 5.82 Å². The van der Waals surface area contributed by atoms with Crippen LogP contribution in [0.15, 0.2) is 6.33 Å². The molecule has 0 amide bonds. The topological polar surface area (TPSA) is 50.6 Å². The van der Waals surface area contributed by atoms with Crippen LogP contribution >= 0.6 is 0 Å². The molecule has 1 heterocycles. The third-order valence-electron chi connectivity index (χ3n) is 0.872. The van der Waals surface area contributed by atoms with Gasteiger partial charge in [0.05, 0.1) is 0 Å². The maximum absolute atomic E-state index is 9.87. The van der Waals surface area contributed by atoms with Gasteiger partial charge >= 0.3 is 0 Å². The summed E-state index contributed by atoms with van der Waals surface area (Å²) >= 11 is 0. The van der Waals surface area contributed by atoms with Crippen LogP contribution < -0.4 is 0 Å². The summed E-state index contributed by atoms with van der Waals surface area (Å²) in [6, 6.07) is 0. The Bertz CT molecular complexity index is 268. The molecule has 0 saturated carbocycles. The molecule has 0 N–H and O–H groups in total. The molecular weight excluding hydrogens is 130 g/mol. The summed E-state index contributed by atoms with van der Waals surface area (Å²) in [4.78, 5) is 3.79. The number of aromatic nitrogens is 3. The molecule has 4 nitrogen and oxygen atoms in total. The molecule has 4 heteroatoms. The molecule has 0 spiro atoms. The molecule has 1 aromatic heterocycles. The second-order valence-electron chi connectivity index (χ2n) is 1.69. The van der Waals surface area contributed by atoms with Gasteiger partial charge in [-0.2, -0.15) is 0 Å². The Balaban J connectivity index is 2.76. The molecule has 0 fully saturated rings. The predicted octanol–water partition coefficient (Wildman–Crippen LogP) is -0.403. The van der Waals surface area contributed by atoms with Crippen LogP contribution in [-0.2, 0) is 12.2 Å². The van der Waals surface area contributed by atoms with Crippen LogP contribution in [-0.4, -0.2) is 21.4 Å². The van der Waals surface area contributed by atoms with Gasteiger partial charge in [0.15, 0.2) is 0 Å². The van der Waals surface area contributed by atoms with Crippen LogP contribution in [0.1, 0.15) is 5.82 Å². The van der Waals surface area contributed by atoms with Crippen molar-refractivity contribution in [2.24, 2.45) is 7.05 Å². The van der Waals surface area contributed by atoms with E-state index in [4.69, 9.17) is 0 Å². The minimum atomic E-state index is -0.405. The zero-order chi connectivity index (χ0) is 7.40. The summed E-state index contributed by atoms with van der Waals surface area (Å²) in [5.74, 6) is 5.24. The van der Waals surface area contributed by atoms with Crippen LogP contribution in [0.5, 0.6) is 0 Å². The van der Waals surface area contributed by atoms with Gasteiger partial charge in [-0.15, -0.1) is 5.10 Å². The van der Waals surface area contributed by atoms with Crippen LogP contribution in [0, 0.1) is 11.8 Å². The molecule has 1 radical (unpaired) electrons. The largest absolute Gasteiger partial charge is 0.255 e. The van der Waals surface area contributed by atoms with E-state index >= 15 is 0 Å². The van der Waals surface area contributed by atoms with Crippen LogP contribution in [0.25, 0.3) is 0 Å². The van der Waals surface area contributed by atoms with Gasteiger partial charge in [0.1, 0.15) is 12.9 Å². The second-order valence-corrected chi connectivity index (χ2v) is 1.69. The van der Waals surface area contributed by atoms with Gasteiger partial charge < -0.3 is 0 Å². The lowest BCUT2D eigenvalue weighted by atomic mass is 10.6.